The third-order valence-corrected chi connectivity index (χ3v) is 4.80. The average molecular weight is 334 g/mol. The zero-order valence-corrected chi connectivity index (χ0v) is 14.5. The normalized spacial score (nSPS) is 18.7. The van der Waals surface area contributed by atoms with Crippen LogP contribution in [-0.4, -0.2) is 65.5 Å². The zero-order valence-electron chi connectivity index (χ0n) is 14.5. The van der Waals surface area contributed by atoms with Crippen molar-refractivity contribution in [3.63, 3.8) is 0 Å². The monoisotopic (exact) mass is 334 g/mol. The van der Waals surface area contributed by atoms with Gasteiger partial charge in [-0.2, -0.15) is 0 Å². The number of piperazine rings is 1. The number of carbonyl (C=O) groups excluding carboxylic acids is 2. The highest BCUT2D eigenvalue weighted by Crippen LogP contribution is 2.18. The van der Waals surface area contributed by atoms with Gasteiger partial charge >= 0.3 is 0 Å². The second-order valence-corrected chi connectivity index (χ2v) is 6.80. The molecule has 2 aliphatic rings. The van der Waals surface area contributed by atoms with Crippen molar-refractivity contribution in [1.29, 1.82) is 0 Å². The maximum atomic E-state index is 12.4. The molecule has 0 aromatic carbocycles. The standard InChI is InChI=1S/C17H26N4O3/c1-12-15(13(2)24-19-12)5-6-17(23)21-9-7-20(8-10-21)11-16(22)18-14-3-4-14/h14H,3-11H2,1-2H3,(H,18,22). The number of hydrogen-bond acceptors (Lipinski definition) is 5. The maximum Gasteiger partial charge on any atom is 0.234 e. The van der Waals surface area contributed by atoms with Gasteiger partial charge in [-0.1, -0.05) is 5.16 Å². The van der Waals surface area contributed by atoms with Gasteiger partial charge in [-0.05, 0) is 33.1 Å². The number of nitrogens with zero attached hydrogens (tertiary/aromatic N) is 3. The molecule has 24 heavy (non-hydrogen) atoms. The number of carbonyl (C=O) groups is 2. The van der Waals surface area contributed by atoms with Gasteiger partial charge in [-0.25, -0.2) is 0 Å². The molecule has 1 saturated heterocycles. The van der Waals surface area contributed by atoms with Crippen LogP contribution in [0.3, 0.4) is 0 Å². The van der Waals surface area contributed by atoms with Crippen molar-refractivity contribution >= 4 is 11.8 Å². The fourth-order valence-electron chi connectivity index (χ4n) is 3.11. The van der Waals surface area contributed by atoms with E-state index >= 15 is 0 Å². The molecule has 0 bridgehead atoms. The Kier molecular flexibility index (Phi) is 5.18. The van der Waals surface area contributed by atoms with Crippen LogP contribution in [-0.2, 0) is 16.0 Å². The lowest BCUT2D eigenvalue weighted by atomic mass is 10.1. The van der Waals surface area contributed by atoms with Crippen LogP contribution in [0.2, 0.25) is 0 Å². The van der Waals surface area contributed by atoms with Crippen LogP contribution >= 0.6 is 0 Å². The summed E-state index contributed by atoms with van der Waals surface area (Å²) in [6.45, 7) is 7.13. The number of nitrogens with one attached hydrogen (secondary N) is 1. The molecule has 1 N–H and O–H groups in total. The van der Waals surface area contributed by atoms with E-state index in [2.05, 4.69) is 15.4 Å². The molecule has 2 amide bonds. The number of hydrogen-bond donors (Lipinski definition) is 1. The number of amides is 2. The molecule has 1 aliphatic heterocycles. The summed E-state index contributed by atoms with van der Waals surface area (Å²) in [6.07, 6.45) is 3.37. The highest BCUT2D eigenvalue weighted by atomic mass is 16.5. The highest BCUT2D eigenvalue weighted by Gasteiger charge is 2.26. The fourth-order valence-corrected chi connectivity index (χ4v) is 3.11. The Balaban J connectivity index is 1.39. The van der Waals surface area contributed by atoms with Crippen molar-refractivity contribution in [3.8, 4) is 0 Å². The van der Waals surface area contributed by atoms with E-state index in [0.29, 0.717) is 38.5 Å². The van der Waals surface area contributed by atoms with Crippen molar-refractivity contribution in [2.75, 3.05) is 32.7 Å². The molecule has 132 valence electrons. The molecule has 3 rings (SSSR count). The van der Waals surface area contributed by atoms with Crippen molar-refractivity contribution in [2.45, 2.75) is 45.6 Å². The summed E-state index contributed by atoms with van der Waals surface area (Å²) >= 11 is 0. The fraction of sp³-hybridized carbons (Fsp3) is 0.706. The first-order valence-electron chi connectivity index (χ1n) is 8.74. The Morgan fingerprint density at radius 2 is 1.92 bits per heavy atom. The zero-order chi connectivity index (χ0) is 17.1. The Labute approximate surface area is 142 Å². The van der Waals surface area contributed by atoms with Crippen LogP contribution in [0, 0.1) is 13.8 Å². The molecule has 1 aliphatic carbocycles. The highest BCUT2D eigenvalue weighted by molar-refractivity contribution is 5.79. The lowest BCUT2D eigenvalue weighted by molar-refractivity contribution is -0.133. The Morgan fingerprint density at radius 3 is 2.50 bits per heavy atom. The first-order valence-corrected chi connectivity index (χ1v) is 8.74. The van der Waals surface area contributed by atoms with Crippen molar-refractivity contribution in [1.82, 2.24) is 20.3 Å². The molecular weight excluding hydrogens is 308 g/mol. The molecule has 0 atom stereocenters. The summed E-state index contributed by atoms with van der Waals surface area (Å²) in [4.78, 5) is 28.2. The summed E-state index contributed by atoms with van der Waals surface area (Å²) in [5.74, 6) is 1.07. The third-order valence-electron chi connectivity index (χ3n) is 4.80. The Bertz CT molecular complexity index is 581. The van der Waals surface area contributed by atoms with Crippen LogP contribution in [0.4, 0.5) is 0 Å². The predicted molar refractivity (Wildman–Crippen MR) is 88.5 cm³/mol. The van der Waals surface area contributed by atoms with Gasteiger partial charge in [0.15, 0.2) is 0 Å². The molecule has 7 nitrogen and oxygen atoms in total. The number of aryl methyl sites for hydroxylation is 2. The SMILES string of the molecule is Cc1noc(C)c1CCC(=O)N1CCN(CC(=O)NC2CC2)CC1. The Hall–Kier alpha value is -1.89. The van der Waals surface area contributed by atoms with Gasteiger partial charge < -0.3 is 14.7 Å². The first kappa shape index (κ1) is 17.0. The largest absolute Gasteiger partial charge is 0.361 e. The van der Waals surface area contributed by atoms with E-state index in [1.165, 1.54) is 0 Å². The minimum absolute atomic E-state index is 0.107. The summed E-state index contributed by atoms with van der Waals surface area (Å²) in [6, 6.07) is 0.407. The first-order chi connectivity index (χ1) is 11.5. The summed E-state index contributed by atoms with van der Waals surface area (Å²) in [7, 11) is 0. The number of rotatable bonds is 6. The van der Waals surface area contributed by atoms with E-state index in [1.807, 2.05) is 18.7 Å². The summed E-state index contributed by atoms with van der Waals surface area (Å²) in [5, 5.41) is 6.93. The molecule has 1 aromatic heterocycles. The van der Waals surface area contributed by atoms with Crippen LogP contribution in [0.25, 0.3) is 0 Å². The molecule has 0 spiro atoms. The lowest BCUT2D eigenvalue weighted by Crippen LogP contribution is -2.51. The van der Waals surface area contributed by atoms with Gasteiger partial charge in [0.05, 0.1) is 12.2 Å². The lowest BCUT2D eigenvalue weighted by Gasteiger charge is -2.34. The van der Waals surface area contributed by atoms with E-state index in [0.717, 1.165) is 42.9 Å². The van der Waals surface area contributed by atoms with Gasteiger partial charge in [0, 0.05) is 44.2 Å². The van der Waals surface area contributed by atoms with Crippen LogP contribution in [0.15, 0.2) is 4.52 Å². The summed E-state index contributed by atoms with van der Waals surface area (Å²) < 4.78 is 5.14. The minimum Gasteiger partial charge on any atom is -0.361 e. The van der Waals surface area contributed by atoms with Gasteiger partial charge in [0.25, 0.3) is 0 Å². The van der Waals surface area contributed by atoms with Gasteiger partial charge in [-0.15, -0.1) is 0 Å². The average Bonchev–Trinajstić information content (AvgIpc) is 3.31. The van der Waals surface area contributed by atoms with Crippen molar-refractivity contribution < 1.29 is 14.1 Å². The minimum atomic E-state index is 0.107. The predicted octanol–water partition coefficient (Wildman–Crippen LogP) is 0.647. The van der Waals surface area contributed by atoms with Gasteiger partial charge in [0.2, 0.25) is 11.8 Å². The molecule has 0 unspecified atom stereocenters. The third kappa shape index (κ3) is 4.35. The van der Waals surface area contributed by atoms with Crippen molar-refractivity contribution in [3.05, 3.63) is 17.0 Å². The second kappa shape index (κ2) is 7.34. The van der Waals surface area contributed by atoms with Crippen molar-refractivity contribution in [2.24, 2.45) is 0 Å². The van der Waals surface area contributed by atoms with E-state index < -0.39 is 0 Å². The summed E-state index contributed by atoms with van der Waals surface area (Å²) in [5.41, 5.74) is 1.91. The molecule has 0 radical (unpaired) electrons. The smallest absolute Gasteiger partial charge is 0.234 e. The molecule has 1 saturated carbocycles. The van der Waals surface area contributed by atoms with E-state index in [-0.39, 0.29) is 11.8 Å². The molecular formula is C17H26N4O3. The van der Waals surface area contributed by atoms with E-state index in [4.69, 9.17) is 4.52 Å². The number of aromatic nitrogens is 1. The van der Waals surface area contributed by atoms with Crippen LogP contribution < -0.4 is 5.32 Å². The van der Waals surface area contributed by atoms with Crippen LogP contribution in [0.5, 0.6) is 0 Å². The molecule has 1 aromatic rings. The Morgan fingerprint density at radius 1 is 1.21 bits per heavy atom. The van der Waals surface area contributed by atoms with Gasteiger partial charge in [0.1, 0.15) is 5.76 Å². The maximum absolute atomic E-state index is 12.4. The molecule has 2 fully saturated rings. The van der Waals surface area contributed by atoms with E-state index in [1.54, 1.807) is 0 Å². The van der Waals surface area contributed by atoms with Gasteiger partial charge in [-0.3, -0.25) is 14.5 Å². The molecule has 7 heteroatoms. The topological polar surface area (TPSA) is 78.7 Å². The second-order valence-electron chi connectivity index (χ2n) is 6.80. The van der Waals surface area contributed by atoms with Crippen LogP contribution in [0.1, 0.15) is 36.3 Å². The quantitative estimate of drug-likeness (QED) is 0.826. The molecule has 2 heterocycles. The van der Waals surface area contributed by atoms with E-state index in [9.17, 15) is 9.59 Å².